The minimum Gasteiger partial charge on any atom is -0.550 e. The van der Waals surface area contributed by atoms with Crippen molar-refractivity contribution in [1.29, 1.82) is 0 Å². The van der Waals surface area contributed by atoms with Crippen LogP contribution in [0.3, 0.4) is 0 Å². The Bertz CT molecular complexity index is 448. The molecule has 1 aromatic carbocycles. The molecule has 0 aliphatic rings. The molecule has 0 bridgehead atoms. The van der Waals surface area contributed by atoms with E-state index in [0.29, 0.717) is 26.1 Å². The summed E-state index contributed by atoms with van der Waals surface area (Å²) >= 11 is 0. The molecule has 0 aromatic heterocycles. The number of carbonyl (C=O) groups is 2. The summed E-state index contributed by atoms with van der Waals surface area (Å²) in [7, 11) is 0. The molecule has 8 heteroatoms. The van der Waals surface area contributed by atoms with Gasteiger partial charge in [0, 0.05) is 11.9 Å². The van der Waals surface area contributed by atoms with Crippen LogP contribution in [0.5, 0.6) is 11.5 Å². The van der Waals surface area contributed by atoms with Crippen LogP contribution in [0, 0.1) is 0 Å². The number of benzene rings is 1. The monoisotopic (exact) mass is 382 g/mol. The molecule has 0 fully saturated rings. The quantitative estimate of drug-likeness (QED) is 0.236. The second-order valence-electron chi connectivity index (χ2n) is 5.53. The molecule has 0 saturated heterocycles. The van der Waals surface area contributed by atoms with Crippen molar-refractivity contribution in [3.8, 4) is 11.5 Å². The molecule has 0 aliphatic heterocycles. The van der Waals surface area contributed by atoms with Gasteiger partial charge in [0.2, 0.25) is 0 Å². The van der Waals surface area contributed by atoms with Crippen LogP contribution in [0.2, 0.25) is 0 Å². The Balaban J connectivity index is 0. The first-order valence-electron chi connectivity index (χ1n) is 8.33. The van der Waals surface area contributed by atoms with E-state index in [1.165, 1.54) is 0 Å². The van der Waals surface area contributed by atoms with Gasteiger partial charge >= 0.3 is 59.1 Å². The minimum absolute atomic E-state index is 0. The van der Waals surface area contributed by atoms with Crippen LogP contribution >= 0.6 is 0 Å². The Morgan fingerprint density at radius 2 is 1.00 bits per heavy atom. The van der Waals surface area contributed by atoms with Crippen molar-refractivity contribution in [2.45, 2.75) is 51.4 Å². The summed E-state index contributed by atoms with van der Waals surface area (Å²) in [5.41, 5.74) is 0. The molecule has 1 aromatic rings. The molecule has 0 atom stereocenters. The Hall–Kier alpha value is -0.240. The number of carbonyl (C=O) groups excluding carboxylic acids is 2. The molecule has 6 nitrogen and oxygen atoms in total. The van der Waals surface area contributed by atoms with E-state index in [1.807, 2.05) is 24.3 Å². The van der Waals surface area contributed by atoms with Gasteiger partial charge in [0.25, 0.3) is 0 Å². The van der Waals surface area contributed by atoms with Crippen LogP contribution in [0.1, 0.15) is 51.4 Å². The summed E-state index contributed by atoms with van der Waals surface area (Å²) in [5, 5.41) is 20.5. The Kier molecular flexibility index (Phi) is 19.5. The van der Waals surface area contributed by atoms with Crippen molar-refractivity contribution in [2.75, 3.05) is 13.2 Å². The average molecular weight is 382 g/mol. The summed E-state index contributed by atoms with van der Waals surface area (Å²) in [5.74, 6) is -0.525. The Labute approximate surface area is 199 Å². The van der Waals surface area contributed by atoms with Crippen LogP contribution in [-0.4, -0.2) is 25.2 Å². The first-order chi connectivity index (χ1) is 11.6. The largest absolute Gasteiger partial charge is 1.00 e. The number of rotatable bonds is 14. The van der Waals surface area contributed by atoms with E-state index < -0.39 is 11.9 Å². The number of carboxylic acids is 2. The number of aliphatic carboxylic acids is 2. The first-order valence-corrected chi connectivity index (χ1v) is 8.33. The van der Waals surface area contributed by atoms with Crippen molar-refractivity contribution in [1.82, 2.24) is 0 Å². The van der Waals surface area contributed by atoms with Gasteiger partial charge in [-0.2, -0.15) is 0 Å². The number of hydrogen-bond acceptors (Lipinski definition) is 6. The van der Waals surface area contributed by atoms with Crippen LogP contribution in [0.25, 0.3) is 0 Å². The van der Waals surface area contributed by atoms with E-state index in [1.54, 1.807) is 0 Å². The van der Waals surface area contributed by atoms with Crippen molar-refractivity contribution in [2.24, 2.45) is 0 Å². The van der Waals surface area contributed by atoms with Crippen molar-refractivity contribution < 1.29 is 88.4 Å². The molecule has 0 radical (unpaired) electrons. The third-order valence-electron chi connectivity index (χ3n) is 3.41. The SMILES string of the molecule is O=C([O-])CCCCCOc1ccc(OCCCCCC(=O)[O-])cc1.[Na+].[Na+]. The van der Waals surface area contributed by atoms with Gasteiger partial charge in [0.1, 0.15) is 11.5 Å². The van der Waals surface area contributed by atoms with Gasteiger partial charge in [-0.3, -0.25) is 0 Å². The van der Waals surface area contributed by atoms with Gasteiger partial charge in [-0.05, 0) is 75.6 Å². The topological polar surface area (TPSA) is 98.7 Å². The molecular formula is C18H24Na2O6. The van der Waals surface area contributed by atoms with E-state index in [4.69, 9.17) is 9.47 Å². The van der Waals surface area contributed by atoms with E-state index in [9.17, 15) is 19.8 Å². The van der Waals surface area contributed by atoms with Crippen molar-refractivity contribution in [3.63, 3.8) is 0 Å². The minimum atomic E-state index is -1.01. The molecule has 0 amide bonds. The van der Waals surface area contributed by atoms with E-state index >= 15 is 0 Å². The van der Waals surface area contributed by atoms with E-state index in [-0.39, 0.29) is 72.0 Å². The molecular weight excluding hydrogens is 358 g/mol. The number of unbranched alkanes of at least 4 members (excludes halogenated alkanes) is 4. The third kappa shape index (κ3) is 16.0. The average Bonchev–Trinajstić information content (AvgIpc) is 2.54. The fourth-order valence-electron chi connectivity index (χ4n) is 2.11. The fourth-order valence-corrected chi connectivity index (χ4v) is 2.11. The van der Waals surface area contributed by atoms with Gasteiger partial charge in [0.05, 0.1) is 13.2 Å². The standard InChI is InChI=1S/C18H26O6.2Na/c19-17(20)7-3-1-5-13-23-15-9-11-16(12-10-15)24-14-6-2-4-8-18(21)22;;/h9-12H,1-8,13-14H2,(H,19,20)(H,21,22);;/q;2*+1/p-2. The predicted octanol–water partition coefficient (Wildman–Crippen LogP) is -4.93. The normalized spacial score (nSPS) is 9.54. The third-order valence-corrected chi connectivity index (χ3v) is 3.41. The maximum Gasteiger partial charge on any atom is 1.00 e. The van der Waals surface area contributed by atoms with Gasteiger partial charge in [-0.1, -0.05) is 0 Å². The maximum absolute atomic E-state index is 10.3. The summed E-state index contributed by atoms with van der Waals surface area (Å²) in [6.45, 7) is 1.09. The zero-order valence-corrected chi connectivity index (χ0v) is 19.8. The van der Waals surface area contributed by atoms with E-state index in [2.05, 4.69) is 0 Å². The molecule has 26 heavy (non-hydrogen) atoms. The second-order valence-corrected chi connectivity index (χ2v) is 5.53. The van der Waals surface area contributed by atoms with Crippen LogP contribution in [0.15, 0.2) is 24.3 Å². The molecule has 0 aliphatic carbocycles. The molecule has 134 valence electrons. The smallest absolute Gasteiger partial charge is 0.550 e. The van der Waals surface area contributed by atoms with Gasteiger partial charge in [-0.25, -0.2) is 0 Å². The van der Waals surface area contributed by atoms with Gasteiger partial charge < -0.3 is 29.3 Å². The Morgan fingerprint density at radius 1 is 0.654 bits per heavy atom. The van der Waals surface area contributed by atoms with Crippen molar-refractivity contribution >= 4 is 11.9 Å². The van der Waals surface area contributed by atoms with Crippen molar-refractivity contribution in [3.05, 3.63) is 24.3 Å². The van der Waals surface area contributed by atoms with Crippen LogP contribution < -0.4 is 78.8 Å². The molecule has 0 saturated carbocycles. The van der Waals surface area contributed by atoms with Gasteiger partial charge in [-0.15, -0.1) is 0 Å². The summed E-state index contributed by atoms with van der Waals surface area (Å²) in [6.07, 6.45) is 4.62. The predicted molar refractivity (Wildman–Crippen MR) is 84.4 cm³/mol. The molecule has 0 spiro atoms. The number of ether oxygens (including phenoxy) is 2. The molecule has 0 heterocycles. The summed E-state index contributed by atoms with van der Waals surface area (Å²) in [4.78, 5) is 20.5. The van der Waals surface area contributed by atoms with Crippen LogP contribution in [-0.2, 0) is 9.59 Å². The van der Waals surface area contributed by atoms with Crippen LogP contribution in [0.4, 0.5) is 0 Å². The summed E-state index contributed by atoms with van der Waals surface area (Å²) in [6, 6.07) is 7.30. The fraction of sp³-hybridized carbons (Fsp3) is 0.556. The first kappa shape index (κ1) is 28.0. The van der Waals surface area contributed by atoms with Gasteiger partial charge in [0.15, 0.2) is 0 Å². The van der Waals surface area contributed by atoms with E-state index in [0.717, 1.165) is 37.2 Å². The molecule has 0 unspecified atom stereocenters. The zero-order chi connectivity index (χ0) is 17.6. The number of carboxylic acid groups (broad SMARTS) is 2. The second kappa shape index (κ2) is 18.1. The zero-order valence-electron chi connectivity index (χ0n) is 15.8. The summed E-state index contributed by atoms with van der Waals surface area (Å²) < 4.78 is 11.1. The maximum atomic E-state index is 10.3. The Morgan fingerprint density at radius 3 is 1.31 bits per heavy atom. The molecule has 1 rings (SSSR count). The molecule has 0 N–H and O–H groups in total. The number of hydrogen-bond donors (Lipinski definition) is 0.